The fourth-order valence-corrected chi connectivity index (χ4v) is 2.88. The summed E-state index contributed by atoms with van der Waals surface area (Å²) in [4.78, 5) is 10.7. The summed E-state index contributed by atoms with van der Waals surface area (Å²) in [6.07, 6.45) is 0.708. The van der Waals surface area contributed by atoms with Crippen LogP contribution >= 0.6 is 0 Å². The van der Waals surface area contributed by atoms with Gasteiger partial charge in [0.2, 0.25) is 0 Å². The van der Waals surface area contributed by atoms with Crippen molar-refractivity contribution in [2.75, 3.05) is 6.61 Å². The fraction of sp³-hybridized carbons (Fsp3) is 0.250. The first-order valence-electron chi connectivity index (χ1n) is 6.97. The first kappa shape index (κ1) is 14.3. The van der Waals surface area contributed by atoms with Crippen LogP contribution in [0, 0.1) is 10.1 Å². The van der Waals surface area contributed by atoms with Crippen molar-refractivity contribution < 1.29 is 19.9 Å². The lowest BCUT2D eigenvalue weighted by atomic mass is 9.88. The number of nitrogens with zero attached hydrogens (tertiary/aromatic N) is 1. The van der Waals surface area contributed by atoms with E-state index in [0.29, 0.717) is 28.5 Å². The molecule has 2 aromatic carbocycles. The molecule has 0 radical (unpaired) electrons. The lowest BCUT2D eigenvalue weighted by molar-refractivity contribution is -0.435. The lowest BCUT2D eigenvalue weighted by Gasteiger charge is -2.23. The van der Waals surface area contributed by atoms with Crippen molar-refractivity contribution in [2.24, 2.45) is 0 Å². The molecule has 0 unspecified atom stereocenters. The van der Waals surface area contributed by atoms with Crippen molar-refractivity contribution in [2.45, 2.75) is 19.4 Å². The Morgan fingerprint density at radius 2 is 1.91 bits per heavy atom. The molecule has 0 saturated heterocycles. The number of ether oxygens (including phenoxy) is 1. The Balaban J connectivity index is 2.29. The third kappa shape index (κ3) is 2.08. The minimum absolute atomic E-state index is 0.0340. The molecule has 0 amide bonds. The molecule has 3 rings (SSSR count). The van der Waals surface area contributed by atoms with Crippen LogP contribution in [0.15, 0.2) is 30.0 Å². The number of nitro groups is 1. The minimum atomic E-state index is -0.737. The van der Waals surface area contributed by atoms with Gasteiger partial charge in [0.15, 0.2) is 6.10 Å². The molecule has 0 spiro atoms. The standard InChI is InChI=1S/C16H15NO5/c1-2-22-14-8-12-11(7-13(14)17(20)21)15(18)9-5-3-4-6-10(9)16(12)19/h3-7,14,18-19H,2,8H2,1H3/t14-/m0/s1. The van der Waals surface area contributed by atoms with Crippen LogP contribution < -0.4 is 0 Å². The SMILES string of the molecule is CCO[C@H]1Cc2c(c(O)c3ccccc3c2O)C=C1[N+](=O)[O-]. The molecule has 0 heterocycles. The zero-order valence-electron chi connectivity index (χ0n) is 11.9. The highest BCUT2D eigenvalue weighted by molar-refractivity contribution is 5.98. The smallest absolute Gasteiger partial charge is 0.275 e. The number of phenols is 2. The van der Waals surface area contributed by atoms with Gasteiger partial charge >= 0.3 is 0 Å². The molecular weight excluding hydrogens is 286 g/mol. The van der Waals surface area contributed by atoms with Crippen molar-refractivity contribution in [1.82, 2.24) is 0 Å². The van der Waals surface area contributed by atoms with Gasteiger partial charge in [0, 0.05) is 41.0 Å². The second-order valence-corrected chi connectivity index (χ2v) is 5.11. The van der Waals surface area contributed by atoms with Crippen molar-refractivity contribution in [1.29, 1.82) is 0 Å². The van der Waals surface area contributed by atoms with Gasteiger partial charge in [-0.15, -0.1) is 0 Å². The van der Waals surface area contributed by atoms with E-state index in [0.717, 1.165) is 0 Å². The topological polar surface area (TPSA) is 92.8 Å². The number of aromatic hydroxyl groups is 2. The predicted molar refractivity (Wildman–Crippen MR) is 81.4 cm³/mol. The van der Waals surface area contributed by atoms with E-state index in [9.17, 15) is 20.3 Å². The molecule has 0 aliphatic heterocycles. The Bertz CT molecular complexity index is 797. The van der Waals surface area contributed by atoms with Crippen LogP contribution in [-0.2, 0) is 11.2 Å². The van der Waals surface area contributed by atoms with Gasteiger partial charge in [0.25, 0.3) is 5.70 Å². The summed E-state index contributed by atoms with van der Waals surface area (Å²) in [7, 11) is 0. The second-order valence-electron chi connectivity index (χ2n) is 5.11. The number of rotatable bonds is 3. The van der Waals surface area contributed by atoms with Gasteiger partial charge in [-0.1, -0.05) is 24.3 Å². The molecule has 0 aromatic heterocycles. The molecule has 1 aliphatic carbocycles. The molecular formula is C16H15NO5. The molecule has 0 bridgehead atoms. The zero-order valence-corrected chi connectivity index (χ0v) is 11.9. The van der Waals surface area contributed by atoms with Gasteiger partial charge < -0.3 is 14.9 Å². The van der Waals surface area contributed by atoms with E-state index in [1.807, 2.05) is 0 Å². The first-order chi connectivity index (χ1) is 10.5. The van der Waals surface area contributed by atoms with E-state index in [1.54, 1.807) is 31.2 Å². The highest BCUT2D eigenvalue weighted by atomic mass is 16.6. The Morgan fingerprint density at radius 1 is 1.27 bits per heavy atom. The summed E-state index contributed by atoms with van der Waals surface area (Å²) < 4.78 is 5.42. The van der Waals surface area contributed by atoms with E-state index in [1.165, 1.54) is 6.08 Å². The Kier molecular flexibility index (Phi) is 3.46. The van der Waals surface area contributed by atoms with Gasteiger partial charge in [-0.3, -0.25) is 10.1 Å². The Morgan fingerprint density at radius 3 is 2.50 bits per heavy atom. The maximum atomic E-state index is 11.2. The van der Waals surface area contributed by atoms with Gasteiger partial charge in [-0.05, 0) is 6.92 Å². The van der Waals surface area contributed by atoms with Crippen LogP contribution in [0.3, 0.4) is 0 Å². The molecule has 0 fully saturated rings. The van der Waals surface area contributed by atoms with Crippen LogP contribution in [0.1, 0.15) is 18.1 Å². The van der Waals surface area contributed by atoms with E-state index in [4.69, 9.17) is 4.74 Å². The Hall–Kier alpha value is -2.60. The molecule has 22 heavy (non-hydrogen) atoms. The van der Waals surface area contributed by atoms with E-state index < -0.39 is 11.0 Å². The summed E-state index contributed by atoms with van der Waals surface area (Å²) in [5.41, 5.74) is 0.651. The largest absolute Gasteiger partial charge is 0.507 e. The molecule has 1 atom stereocenters. The molecule has 0 saturated carbocycles. The van der Waals surface area contributed by atoms with Crippen LogP contribution in [-0.4, -0.2) is 27.8 Å². The van der Waals surface area contributed by atoms with Crippen molar-refractivity contribution in [3.63, 3.8) is 0 Å². The lowest BCUT2D eigenvalue weighted by Crippen LogP contribution is -2.26. The first-order valence-corrected chi connectivity index (χ1v) is 6.97. The minimum Gasteiger partial charge on any atom is -0.507 e. The fourth-order valence-electron chi connectivity index (χ4n) is 2.88. The normalized spacial score (nSPS) is 17.1. The van der Waals surface area contributed by atoms with Crippen LogP contribution in [0.4, 0.5) is 0 Å². The van der Waals surface area contributed by atoms with E-state index >= 15 is 0 Å². The van der Waals surface area contributed by atoms with Crippen molar-refractivity contribution in [3.8, 4) is 11.5 Å². The molecule has 6 heteroatoms. The average molecular weight is 301 g/mol. The average Bonchev–Trinajstić information content (AvgIpc) is 2.52. The number of phenolic OH excluding ortho intramolecular Hbond substituents is 2. The maximum Gasteiger partial charge on any atom is 0.275 e. The quantitative estimate of drug-likeness (QED) is 0.516. The molecule has 114 valence electrons. The summed E-state index contributed by atoms with van der Waals surface area (Å²) in [6.45, 7) is 2.08. The van der Waals surface area contributed by atoms with Crippen LogP contribution in [0.2, 0.25) is 0 Å². The Labute approximate surface area is 126 Å². The number of fused-ring (bicyclic) bond motifs is 2. The summed E-state index contributed by atoms with van der Waals surface area (Å²) in [5.74, 6) is -0.0237. The second kappa shape index (κ2) is 5.31. The zero-order chi connectivity index (χ0) is 15.9. The molecule has 1 aliphatic rings. The third-order valence-corrected chi connectivity index (χ3v) is 3.89. The van der Waals surface area contributed by atoms with Crippen molar-refractivity contribution in [3.05, 3.63) is 51.2 Å². The summed E-state index contributed by atoms with van der Waals surface area (Å²) in [5, 5.41) is 33.1. The highest BCUT2D eigenvalue weighted by Gasteiger charge is 2.34. The number of benzene rings is 2. The number of hydrogen-bond acceptors (Lipinski definition) is 5. The van der Waals surface area contributed by atoms with Crippen molar-refractivity contribution >= 4 is 16.8 Å². The molecule has 2 N–H and O–H groups in total. The van der Waals surface area contributed by atoms with Gasteiger partial charge in [0.05, 0.1) is 4.92 Å². The number of hydrogen-bond donors (Lipinski definition) is 2. The predicted octanol–water partition coefficient (Wildman–Crippen LogP) is 2.83. The van der Waals surface area contributed by atoms with Gasteiger partial charge in [0.1, 0.15) is 11.5 Å². The monoisotopic (exact) mass is 301 g/mol. The van der Waals surface area contributed by atoms with Crippen LogP contribution in [0.25, 0.3) is 16.8 Å². The van der Waals surface area contributed by atoms with E-state index in [2.05, 4.69) is 0 Å². The summed E-state index contributed by atoms with van der Waals surface area (Å²) >= 11 is 0. The molecule has 6 nitrogen and oxygen atoms in total. The molecule has 2 aromatic rings. The third-order valence-electron chi connectivity index (χ3n) is 3.89. The van der Waals surface area contributed by atoms with Gasteiger partial charge in [-0.2, -0.15) is 0 Å². The highest BCUT2D eigenvalue weighted by Crippen LogP contribution is 2.44. The summed E-state index contributed by atoms with van der Waals surface area (Å²) in [6, 6.07) is 6.86. The van der Waals surface area contributed by atoms with E-state index in [-0.39, 0.29) is 23.6 Å². The van der Waals surface area contributed by atoms with Crippen LogP contribution in [0.5, 0.6) is 11.5 Å². The van der Waals surface area contributed by atoms with Gasteiger partial charge in [-0.25, -0.2) is 0 Å². The maximum absolute atomic E-state index is 11.2.